The number of aromatic nitrogens is 2. The lowest BCUT2D eigenvalue weighted by Crippen LogP contribution is -2.30. The molecule has 2 amide bonds. The van der Waals surface area contributed by atoms with Gasteiger partial charge in [0.05, 0.1) is 24.3 Å². The van der Waals surface area contributed by atoms with Gasteiger partial charge in [0.25, 0.3) is 5.91 Å². The smallest absolute Gasteiger partial charge is 0.258 e. The molecule has 0 aliphatic carbocycles. The lowest BCUT2D eigenvalue weighted by Gasteiger charge is -2.23. The molecule has 176 valence electrons. The number of nitrogens with zero attached hydrogens (tertiary/aromatic N) is 4. The first-order valence-electron chi connectivity index (χ1n) is 11.3. The average molecular weight is 484 g/mol. The molecule has 7 nitrogen and oxygen atoms in total. The molecule has 0 saturated carbocycles. The fourth-order valence-corrected chi connectivity index (χ4v) is 5.16. The van der Waals surface area contributed by atoms with Gasteiger partial charge in [-0.3, -0.25) is 14.6 Å². The predicted molar refractivity (Wildman–Crippen MR) is 139 cm³/mol. The summed E-state index contributed by atoms with van der Waals surface area (Å²) in [7, 11) is 3.80. The van der Waals surface area contributed by atoms with Crippen LogP contribution < -0.4 is 15.1 Å². The first kappa shape index (κ1) is 22.7. The molecule has 0 spiro atoms. The summed E-state index contributed by atoms with van der Waals surface area (Å²) < 4.78 is 0. The van der Waals surface area contributed by atoms with Crippen molar-refractivity contribution in [3.05, 3.63) is 99.6 Å². The zero-order valence-corrected chi connectivity index (χ0v) is 20.4. The fraction of sp³-hybridized carbons (Fsp3) is 0.185. The van der Waals surface area contributed by atoms with Crippen LogP contribution in [0.4, 0.5) is 17.2 Å². The molecule has 8 heteroatoms. The van der Waals surface area contributed by atoms with Crippen LogP contribution in [-0.4, -0.2) is 35.9 Å². The predicted octanol–water partition coefficient (Wildman–Crippen LogP) is 4.54. The van der Waals surface area contributed by atoms with E-state index in [1.807, 2.05) is 43.3 Å². The second-order valence-corrected chi connectivity index (χ2v) is 9.59. The highest BCUT2D eigenvalue weighted by Crippen LogP contribution is 2.33. The SMILES string of the molecule is CN(C)c1ncccc1CC(=O)Nc1ccc(C(=O)N2Cc3ccsc3Cc3ncccc32)cc1. The van der Waals surface area contributed by atoms with Gasteiger partial charge in [0, 0.05) is 54.6 Å². The minimum absolute atomic E-state index is 0.0952. The standard InChI is InChI=1S/C27H25N5O2S/c1-31(2)26-19(5-3-13-29-26)15-25(33)30-21-9-7-18(8-10-21)27(34)32-17-20-11-14-35-24(20)16-22-23(32)6-4-12-28-22/h3-14H,15-17H2,1-2H3,(H,30,33). The average Bonchev–Trinajstić information content (AvgIpc) is 3.23. The van der Waals surface area contributed by atoms with Gasteiger partial charge in [0.15, 0.2) is 0 Å². The van der Waals surface area contributed by atoms with E-state index >= 15 is 0 Å². The van der Waals surface area contributed by atoms with E-state index in [1.165, 1.54) is 4.88 Å². The van der Waals surface area contributed by atoms with Crippen LogP contribution in [0.25, 0.3) is 0 Å². The van der Waals surface area contributed by atoms with Gasteiger partial charge in [0.1, 0.15) is 5.82 Å². The molecule has 0 atom stereocenters. The number of amides is 2. The number of hydrogen-bond donors (Lipinski definition) is 1. The van der Waals surface area contributed by atoms with Crippen molar-refractivity contribution in [2.24, 2.45) is 0 Å². The summed E-state index contributed by atoms with van der Waals surface area (Å²) in [6.07, 6.45) is 4.42. The van der Waals surface area contributed by atoms with Crippen LogP contribution in [0.3, 0.4) is 0 Å². The van der Waals surface area contributed by atoms with Crippen molar-refractivity contribution < 1.29 is 9.59 Å². The summed E-state index contributed by atoms with van der Waals surface area (Å²) in [4.78, 5) is 40.0. The zero-order valence-electron chi connectivity index (χ0n) is 19.6. The molecule has 1 N–H and O–H groups in total. The van der Waals surface area contributed by atoms with E-state index in [1.54, 1.807) is 52.9 Å². The molecular formula is C27H25N5O2S. The number of pyridine rings is 2. The summed E-state index contributed by atoms with van der Waals surface area (Å²) in [6.45, 7) is 0.508. The second-order valence-electron chi connectivity index (χ2n) is 8.59. The van der Waals surface area contributed by atoms with Crippen LogP contribution in [0.15, 0.2) is 72.4 Å². The van der Waals surface area contributed by atoms with E-state index in [4.69, 9.17) is 0 Å². The Morgan fingerprint density at radius 1 is 1.03 bits per heavy atom. The molecule has 5 rings (SSSR count). The monoisotopic (exact) mass is 483 g/mol. The summed E-state index contributed by atoms with van der Waals surface area (Å²) in [5.41, 5.74) is 4.93. The van der Waals surface area contributed by atoms with Gasteiger partial charge in [-0.25, -0.2) is 4.98 Å². The van der Waals surface area contributed by atoms with Crippen LogP contribution in [0, 0.1) is 0 Å². The molecule has 4 aromatic rings. The number of carbonyl (C=O) groups excluding carboxylic acids is 2. The summed E-state index contributed by atoms with van der Waals surface area (Å²) in [5.74, 6) is 0.532. The van der Waals surface area contributed by atoms with Gasteiger partial charge in [-0.15, -0.1) is 11.3 Å². The molecule has 35 heavy (non-hydrogen) atoms. The Labute approximate surface area is 208 Å². The highest BCUT2D eigenvalue weighted by molar-refractivity contribution is 7.10. The number of carbonyl (C=O) groups is 2. The molecule has 3 aromatic heterocycles. The second kappa shape index (κ2) is 9.68. The van der Waals surface area contributed by atoms with E-state index < -0.39 is 0 Å². The Hall–Kier alpha value is -4.04. The molecule has 4 heterocycles. The topological polar surface area (TPSA) is 78.4 Å². The Kier molecular flexibility index (Phi) is 6.29. The third kappa shape index (κ3) is 4.79. The number of rotatable bonds is 5. The normalized spacial score (nSPS) is 12.3. The van der Waals surface area contributed by atoms with Crippen LogP contribution in [0.1, 0.15) is 32.1 Å². The van der Waals surface area contributed by atoms with Crippen LogP contribution in [-0.2, 0) is 24.2 Å². The first-order valence-corrected chi connectivity index (χ1v) is 12.2. The molecule has 1 aliphatic heterocycles. The van der Waals surface area contributed by atoms with Crippen molar-refractivity contribution >= 4 is 40.3 Å². The minimum atomic E-state index is -0.141. The summed E-state index contributed by atoms with van der Waals surface area (Å²) in [6, 6.07) is 16.6. The zero-order chi connectivity index (χ0) is 24.4. The van der Waals surface area contributed by atoms with E-state index in [0.717, 1.165) is 34.7 Å². The van der Waals surface area contributed by atoms with Gasteiger partial charge in [-0.1, -0.05) is 6.07 Å². The van der Waals surface area contributed by atoms with Gasteiger partial charge in [-0.2, -0.15) is 0 Å². The van der Waals surface area contributed by atoms with Crippen molar-refractivity contribution in [3.8, 4) is 0 Å². The van der Waals surface area contributed by atoms with E-state index in [-0.39, 0.29) is 18.2 Å². The van der Waals surface area contributed by atoms with E-state index in [0.29, 0.717) is 17.8 Å². The van der Waals surface area contributed by atoms with Gasteiger partial charge in [-0.05, 0) is 59.5 Å². The lowest BCUT2D eigenvalue weighted by molar-refractivity contribution is -0.115. The fourth-order valence-electron chi connectivity index (χ4n) is 4.26. The van der Waals surface area contributed by atoms with Crippen molar-refractivity contribution in [3.63, 3.8) is 0 Å². The molecule has 0 unspecified atom stereocenters. The third-order valence-electron chi connectivity index (χ3n) is 5.95. The highest BCUT2D eigenvalue weighted by Gasteiger charge is 2.26. The highest BCUT2D eigenvalue weighted by atomic mass is 32.1. The lowest BCUT2D eigenvalue weighted by atomic mass is 10.1. The Balaban J connectivity index is 1.32. The summed E-state index contributed by atoms with van der Waals surface area (Å²) in [5, 5.41) is 4.98. The molecule has 1 aliphatic rings. The van der Waals surface area contributed by atoms with Crippen LogP contribution in [0.2, 0.25) is 0 Å². The number of nitrogens with one attached hydrogen (secondary N) is 1. The number of fused-ring (bicyclic) bond motifs is 2. The molecule has 0 bridgehead atoms. The van der Waals surface area contributed by atoms with E-state index in [9.17, 15) is 9.59 Å². The van der Waals surface area contributed by atoms with Crippen LogP contribution >= 0.6 is 11.3 Å². The number of thiophene rings is 1. The van der Waals surface area contributed by atoms with Gasteiger partial charge < -0.3 is 15.1 Å². The number of benzene rings is 1. The van der Waals surface area contributed by atoms with Gasteiger partial charge in [0.2, 0.25) is 5.91 Å². The van der Waals surface area contributed by atoms with Crippen LogP contribution in [0.5, 0.6) is 0 Å². The minimum Gasteiger partial charge on any atom is -0.363 e. The van der Waals surface area contributed by atoms with Gasteiger partial charge >= 0.3 is 0 Å². The maximum Gasteiger partial charge on any atom is 0.258 e. The Bertz CT molecular complexity index is 1380. The van der Waals surface area contributed by atoms with Crippen molar-refractivity contribution in [1.29, 1.82) is 0 Å². The quantitative estimate of drug-likeness (QED) is 0.451. The van der Waals surface area contributed by atoms with Crippen molar-refractivity contribution in [1.82, 2.24) is 9.97 Å². The number of anilines is 3. The third-order valence-corrected chi connectivity index (χ3v) is 6.92. The molecule has 0 fully saturated rings. The summed E-state index contributed by atoms with van der Waals surface area (Å²) >= 11 is 1.70. The number of hydrogen-bond acceptors (Lipinski definition) is 6. The first-order chi connectivity index (χ1) is 17.0. The Morgan fingerprint density at radius 3 is 2.60 bits per heavy atom. The van der Waals surface area contributed by atoms with Crippen molar-refractivity contribution in [2.75, 3.05) is 29.2 Å². The van der Waals surface area contributed by atoms with Crippen molar-refractivity contribution in [2.45, 2.75) is 19.4 Å². The maximum absolute atomic E-state index is 13.5. The maximum atomic E-state index is 13.5. The Morgan fingerprint density at radius 2 is 1.80 bits per heavy atom. The van der Waals surface area contributed by atoms with E-state index in [2.05, 4.69) is 26.7 Å². The molecular weight excluding hydrogens is 458 g/mol. The molecule has 0 radical (unpaired) electrons. The molecule has 0 saturated heterocycles. The largest absolute Gasteiger partial charge is 0.363 e. The molecule has 1 aromatic carbocycles.